The quantitative estimate of drug-likeness (QED) is 0.485. The fraction of sp³-hybridized carbons (Fsp3) is 0.423. The molecular formula is C26H25F3N4O3S. The normalized spacial score (nSPS) is 29.1. The molecule has 37 heavy (non-hydrogen) atoms. The number of fused-ring (bicyclic) bond motifs is 3. The van der Waals surface area contributed by atoms with Crippen LogP contribution in [0.2, 0.25) is 0 Å². The van der Waals surface area contributed by atoms with Gasteiger partial charge in [-0.1, -0.05) is 12.1 Å². The number of rotatable bonds is 6. The molecule has 2 aromatic carbocycles. The number of nitrogens with one attached hydrogen (secondary N) is 1. The molecule has 3 aliphatic rings. The second-order valence-electron chi connectivity index (χ2n) is 9.85. The van der Waals surface area contributed by atoms with E-state index in [4.69, 9.17) is 4.74 Å². The van der Waals surface area contributed by atoms with Crippen molar-refractivity contribution in [2.75, 3.05) is 32.5 Å². The van der Waals surface area contributed by atoms with Crippen LogP contribution in [-0.4, -0.2) is 63.7 Å². The monoisotopic (exact) mass is 530 g/mol. The number of halogens is 3. The van der Waals surface area contributed by atoms with Crippen LogP contribution in [0.25, 0.3) is 10.9 Å². The number of carboxylic acids is 1. The van der Waals surface area contributed by atoms with Gasteiger partial charge in [0, 0.05) is 36.7 Å². The van der Waals surface area contributed by atoms with Gasteiger partial charge in [-0.05, 0) is 48.2 Å². The summed E-state index contributed by atoms with van der Waals surface area (Å²) in [6, 6.07) is 9.68. The fourth-order valence-corrected chi connectivity index (χ4v) is 7.66. The average Bonchev–Trinajstić information content (AvgIpc) is 3.58. The number of carbonyl (C=O) groups is 1. The standard InChI is InChI=1S/C26H25F3N4O3S/c1-36-18-4-2-15(19(11-18)26(27,28)29)12-25(17-3-5-20-16(10-17)13-31-32-20)21-14-33(25)8-6-24(21,23(34)35)22-30-7-9-37-22/h2-5,10-11,13,21H,6-9,12,14H2,1H3,(H,31,32)(H,34,35). The van der Waals surface area contributed by atoms with Gasteiger partial charge in [-0.15, -0.1) is 11.8 Å². The number of hydrogen-bond acceptors (Lipinski definition) is 6. The SMILES string of the molecule is COc1ccc(CC2(c3ccc4[nH]ncc4c3)C3CN2CCC3(C(=O)O)C2=NCCS2)c(C(F)(F)F)c1. The van der Waals surface area contributed by atoms with E-state index < -0.39 is 34.6 Å². The average molecular weight is 531 g/mol. The molecule has 2 bridgehead atoms. The van der Waals surface area contributed by atoms with Gasteiger partial charge in [0.2, 0.25) is 0 Å². The van der Waals surface area contributed by atoms with Crippen LogP contribution in [0.15, 0.2) is 47.6 Å². The van der Waals surface area contributed by atoms with Gasteiger partial charge >= 0.3 is 12.1 Å². The van der Waals surface area contributed by atoms with Crippen molar-refractivity contribution >= 4 is 33.7 Å². The zero-order valence-electron chi connectivity index (χ0n) is 20.0. The fourth-order valence-electron chi connectivity index (χ4n) is 6.51. The van der Waals surface area contributed by atoms with Crippen molar-refractivity contribution in [3.8, 4) is 5.75 Å². The molecular weight excluding hydrogens is 505 g/mol. The van der Waals surface area contributed by atoms with Crippen LogP contribution in [0.4, 0.5) is 13.2 Å². The summed E-state index contributed by atoms with van der Waals surface area (Å²) in [5.41, 5.74) is -1.27. The van der Waals surface area contributed by atoms with E-state index >= 15 is 0 Å². The Balaban J connectivity index is 1.56. The van der Waals surface area contributed by atoms with Crippen LogP contribution < -0.4 is 4.74 Å². The summed E-state index contributed by atoms with van der Waals surface area (Å²) in [6.07, 6.45) is -2.54. The summed E-state index contributed by atoms with van der Waals surface area (Å²) in [5, 5.41) is 19.1. The molecule has 6 rings (SSSR count). The van der Waals surface area contributed by atoms with Gasteiger partial charge in [0.25, 0.3) is 0 Å². The lowest BCUT2D eigenvalue weighted by Gasteiger charge is -2.68. The Morgan fingerprint density at radius 2 is 2.14 bits per heavy atom. The van der Waals surface area contributed by atoms with Gasteiger partial charge in [0.1, 0.15) is 11.2 Å². The molecule has 0 radical (unpaired) electrons. The van der Waals surface area contributed by atoms with E-state index in [1.807, 2.05) is 18.2 Å². The van der Waals surface area contributed by atoms with E-state index in [-0.39, 0.29) is 17.7 Å². The molecule has 4 atom stereocenters. The minimum Gasteiger partial charge on any atom is -0.497 e. The summed E-state index contributed by atoms with van der Waals surface area (Å²) in [7, 11) is 1.33. The third-order valence-electron chi connectivity index (χ3n) is 8.29. The van der Waals surface area contributed by atoms with Gasteiger partial charge in [-0.25, -0.2) is 0 Å². The molecule has 194 valence electrons. The Morgan fingerprint density at radius 3 is 2.81 bits per heavy atom. The van der Waals surface area contributed by atoms with Crippen molar-refractivity contribution < 1.29 is 27.8 Å². The van der Waals surface area contributed by atoms with Crippen molar-refractivity contribution in [2.24, 2.45) is 16.3 Å². The van der Waals surface area contributed by atoms with Crippen LogP contribution in [0, 0.1) is 11.3 Å². The van der Waals surface area contributed by atoms with Crippen LogP contribution in [0.3, 0.4) is 0 Å². The highest BCUT2D eigenvalue weighted by atomic mass is 32.2. The summed E-state index contributed by atoms with van der Waals surface area (Å²) in [4.78, 5) is 19.8. The highest BCUT2D eigenvalue weighted by Crippen LogP contribution is 2.62. The number of piperidine rings is 2. The number of aromatic amines is 1. The lowest BCUT2D eigenvalue weighted by Crippen LogP contribution is -2.76. The van der Waals surface area contributed by atoms with Crippen molar-refractivity contribution in [3.05, 3.63) is 59.3 Å². The van der Waals surface area contributed by atoms with E-state index in [0.717, 1.165) is 22.5 Å². The lowest BCUT2D eigenvalue weighted by molar-refractivity contribution is -0.194. The number of alkyl halides is 3. The van der Waals surface area contributed by atoms with Gasteiger partial charge in [0.05, 0.1) is 35.0 Å². The molecule has 4 unspecified atom stereocenters. The first-order valence-electron chi connectivity index (χ1n) is 12.0. The maximum atomic E-state index is 14.2. The summed E-state index contributed by atoms with van der Waals surface area (Å²) < 4.78 is 47.8. The van der Waals surface area contributed by atoms with Crippen LogP contribution >= 0.6 is 11.8 Å². The molecule has 0 spiro atoms. The zero-order chi connectivity index (χ0) is 26.0. The Kier molecular flexibility index (Phi) is 5.57. The number of methoxy groups -OCH3 is 1. The number of hydrogen-bond donors (Lipinski definition) is 2. The molecule has 7 nitrogen and oxygen atoms in total. The first kappa shape index (κ1) is 24.3. The third-order valence-corrected chi connectivity index (χ3v) is 9.44. The molecule has 3 aliphatic heterocycles. The van der Waals surface area contributed by atoms with Gasteiger partial charge in [-0.2, -0.15) is 18.3 Å². The first-order valence-corrected chi connectivity index (χ1v) is 13.0. The molecule has 0 amide bonds. The van der Waals surface area contributed by atoms with E-state index in [9.17, 15) is 23.1 Å². The van der Waals surface area contributed by atoms with Gasteiger partial charge < -0.3 is 9.84 Å². The number of aliphatic carboxylic acids is 1. The zero-order valence-corrected chi connectivity index (χ0v) is 20.8. The Bertz CT molecular complexity index is 1420. The molecule has 3 aromatic rings. The number of aliphatic imine (C=N–C) groups is 1. The number of aromatic nitrogens is 2. The van der Waals surface area contributed by atoms with E-state index in [1.54, 1.807) is 6.20 Å². The van der Waals surface area contributed by atoms with Crippen molar-refractivity contribution in [1.82, 2.24) is 15.1 Å². The van der Waals surface area contributed by atoms with Crippen molar-refractivity contribution in [1.29, 1.82) is 0 Å². The Hall–Kier alpha value is -3.05. The molecule has 2 N–H and O–H groups in total. The number of benzene rings is 2. The van der Waals surface area contributed by atoms with Crippen molar-refractivity contribution in [2.45, 2.75) is 24.6 Å². The second-order valence-corrected chi connectivity index (χ2v) is 10.9. The largest absolute Gasteiger partial charge is 0.497 e. The van der Waals surface area contributed by atoms with Crippen molar-refractivity contribution in [3.63, 3.8) is 0 Å². The Morgan fingerprint density at radius 1 is 1.30 bits per heavy atom. The van der Waals surface area contributed by atoms with Gasteiger partial charge in [0.15, 0.2) is 0 Å². The number of H-pyrrole nitrogens is 1. The minimum absolute atomic E-state index is 0.00678. The minimum atomic E-state index is -4.59. The second kappa shape index (κ2) is 8.49. The third kappa shape index (κ3) is 3.50. The molecule has 0 saturated carbocycles. The molecule has 1 aromatic heterocycles. The lowest BCUT2D eigenvalue weighted by atomic mass is 9.51. The predicted octanol–water partition coefficient (Wildman–Crippen LogP) is 4.58. The summed E-state index contributed by atoms with van der Waals surface area (Å²) in [5.74, 6) is -0.575. The van der Waals surface area contributed by atoms with E-state index in [0.29, 0.717) is 36.9 Å². The number of thioether (sulfide) groups is 1. The highest BCUT2D eigenvalue weighted by molar-refractivity contribution is 8.14. The molecule has 0 aliphatic carbocycles. The maximum absolute atomic E-state index is 14.2. The molecule has 2 fully saturated rings. The summed E-state index contributed by atoms with van der Waals surface area (Å²) >= 11 is 1.46. The number of carboxylic acid groups (broad SMARTS) is 1. The predicted molar refractivity (Wildman–Crippen MR) is 134 cm³/mol. The number of ether oxygens (including phenoxy) is 1. The van der Waals surface area contributed by atoms with Crippen LogP contribution in [0.5, 0.6) is 5.75 Å². The topological polar surface area (TPSA) is 90.8 Å². The summed E-state index contributed by atoms with van der Waals surface area (Å²) in [6.45, 7) is 1.48. The maximum Gasteiger partial charge on any atom is 0.416 e. The van der Waals surface area contributed by atoms with E-state index in [2.05, 4.69) is 20.1 Å². The van der Waals surface area contributed by atoms with Crippen LogP contribution in [0.1, 0.15) is 23.1 Å². The van der Waals surface area contributed by atoms with E-state index in [1.165, 1.54) is 31.0 Å². The molecule has 2 saturated heterocycles. The smallest absolute Gasteiger partial charge is 0.416 e. The van der Waals surface area contributed by atoms with Gasteiger partial charge in [-0.3, -0.25) is 19.8 Å². The van der Waals surface area contributed by atoms with Crippen LogP contribution in [-0.2, 0) is 22.9 Å². The first-order chi connectivity index (χ1) is 17.7. The highest BCUT2D eigenvalue weighted by Gasteiger charge is 2.70. The molecule has 4 heterocycles. The molecule has 11 heteroatoms. The Labute approximate surface area is 215 Å². The number of nitrogens with zero attached hydrogens (tertiary/aromatic N) is 3.